The Morgan fingerprint density at radius 2 is 1.70 bits per heavy atom. The molecule has 46 heavy (non-hydrogen) atoms. The number of anilines is 6. The highest BCUT2D eigenvalue weighted by Gasteiger charge is 2.33. The Morgan fingerprint density at radius 1 is 0.935 bits per heavy atom. The van der Waals surface area contributed by atoms with Gasteiger partial charge in [0.15, 0.2) is 0 Å². The zero-order chi connectivity index (χ0) is 32.6. The van der Waals surface area contributed by atoms with Crippen LogP contribution in [0.25, 0.3) is 0 Å². The fourth-order valence-corrected chi connectivity index (χ4v) is 5.26. The van der Waals surface area contributed by atoms with Crippen LogP contribution >= 0.6 is 0 Å². The van der Waals surface area contributed by atoms with Crippen LogP contribution in [0.4, 0.5) is 57.1 Å². The molecule has 0 spiro atoms. The van der Waals surface area contributed by atoms with Crippen LogP contribution < -0.4 is 25.3 Å². The van der Waals surface area contributed by atoms with Gasteiger partial charge in [0.25, 0.3) is 5.91 Å². The summed E-state index contributed by atoms with van der Waals surface area (Å²) in [5, 5.41) is 6.52. The molecule has 0 radical (unpaired) electrons. The number of carbonyl (C=O) groups is 2. The number of nitrogens with one attached hydrogen (secondary N) is 2. The van der Waals surface area contributed by atoms with Crippen molar-refractivity contribution in [3.05, 3.63) is 89.2 Å². The molecule has 0 aliphatic carbocycles. The van der Waals surface area contributed by atoms with Crippen molar-refractivity contribution in [3.63, 3.8) is 0 Å². The summed E-state index contributed by atoms with van der Waals surface area (Å²) in [7, 11) is 1.59. The molecular weight excluding hydrogens is 606 g/mol. The summed E-state index contributed by atoms with van der Waals surface area (Å²) in [6, 6.07) is 12.4. The second-order valence-corrected chi connectivity index (χ2v) is 10.9. The molecule has 1 saturated heterocycles. The molecule has 2 aromatic heterocycles. The lowest BCUT2D eigenvalue weighted by atomic mass is 10.1. The first kappa shape index (κ1) is 30.7. The highest BCUT2D eigenvalue weighted by atomic mass is 19.4. The number of rotatable bonds is 6. The van der Waals surface area contributed by atoms with E-state index in [0.717, 1.165) is 28.6 Å². The Hall–Kier alpha value is -5.31. The molecule has 4 aromatic rings. The summed E-state index contributed by atoms with van der Waals surface area (Å²) in [6.45, 7) is 3.67. The molecule has 0 atom stereocenters. The lowest BCUT2D eigenvalue weighted by Gasteiger charge is -2.35. The quantitative estimate of drug-likeness (QED) is 0.203. The van der Waals surface area contributed by atoms with E-state index in [1.165, 1.54) is 21.9 Å². The van der Waals surface area contributed by atoms with Crippen LogP contribution in [-0.4, -0.2) is 65.2 Å². The number of halogens is 4. The zero-order valence-electron chi connectivity index (χ0n) is 24.8. The molecule has 6 rings (SSSR count). The summed E-state index contributed by atoms with van der Waals surface area (Å²) in [6.07, 6.45) is -1.33. The highest BCUT2D eigenvalue weighted by Crippen LogP contribution is 2.34. The molecule has 3 amide bonds. The van der Waals surface area contributed by atoms with Gasteiger partial charge in [-0.25, -0.2) is 14.8 Å². The van der Waals surface area contributed by atoms with Crippen LogP contribution in [0.3, 0.4) is 0 Å². The Bertz CT molecular complexity index is 1780. The first-order chi connectivity index (χ1) is 22.0. The summed E-state index contributed by atoms with van der Waals surface area (Å²) < 4.78 is 52.7. The molecule has 2 aromatic carbocycles. The zero-order valence-corrected chi connectivity index (χ0v) is 24.8. The topological polar surface area (TPSA) is 110 Å². The molecule has 15 heteroatoms. The number of benzene rings is 2. The van der Waals surface area contributed by atoms with Gasteiger partial charge >= 0.3 is 12.2 Å². The second kappa shape index (κ2) is 12.2. The number of amides is 3. The first-order valence-electron chi connectivity index (χ1n) is 14.4. The van der Waals surface area contributed by atoms with Gasteiger partial charge in [-0.3, -0.25) is 14.6 Å². The van der Waals surface area contributed by atoms with Crippen molar-refractivity contribution >= 4 is 46.6 Å². The van der Waals surface area contributed by atoms with Crippen LogP contribution in [0.15, 0.2) is 67.0 Å². The number of pyridine rings is 1. The number of urea groups is 1. The minimum absolute atomic E-state index is 0.146. The lowest BCUT2D eigenvalue weighted by molar-refractivity contribution is -0.137. The van der Waals surface area contributed by atoms with Gasteiger partial charge < -0.3 is 15.5 Å². The molecule has 2 aliphatic rings. The number of nitrogens with zero attached hydrogens (tertiary/aromatic N) is 7. The van der Waals surface area contributed by atoms with E-state index in [9.17, 15) is 27.2 Å². The minimum Gasteiger partial charge on any atom is -0.354 e. The number of alkyl halides is 3. The SMILES string of the molecule is Cc1ccc(NC(=O)c2cccc(C(F)(F)F)c2)cc1N1Cc2cnc(Nc3ccc(N4CCN(F)CC4)nc3)nc2N(C)C1=O. The molecule has 4 heterocycles. The summed E-state index contributed by atoms with van der Waals surface area (Å²) in [5.74, 6) is 0.707. The number of fused-ring (bicyclic) bond motifs is 1. The largest absolute Gasteiger partial charge is 0.416 e. The molecule has 1 fully saturated rings. The molecule has 11 nitrogen and oxygen atoms in total. The summed E-state index contributed by atoms with van der Waals surface area (Å²) in [5.41, 5.74) is 1.79. The van der Waals surface area contributed by atoms with Crippen molar-refractivity contribution in [1.29, 1.82) is 0 Å². The van der Waals surface area contributed by atoms with Crippen LogP contribution in [-0.2, 0) is 12.7 Å². The van der Waals surface area contributed by atoms with E-state index in [2.05, 4.69) is 25.6 Å². The van der Waals surface area contributed by atoms with Gasteiger partial charge in [0.05, 0.1) is 29.7 Å². The van der Waals surface area contributed by atoms with Crippen molar-refractivity contribution in [3.8, 4) is 0 Å². The molecular formula is C31H29F4N9O2. The minimum atomic E-state index is -4.58. The van der Waals surface area contributed by atoms with E-state index in [1.807, 2.05) is 17.0 Å². The predicted octanol–water partition coefficient (Wildman–Crippen LogP) is 5.78. The maximum Gasteiger partial charge on any atom is 0.416 e. The highest BCUT2D eigenvalue weighted by molar-refractivity contribution is 6.07. The van der Waals surface area contributed by atoms with Gasteiger partial charge in [0.1, 0.15) is 11.6 Å². The van der Waals surface area contributed by atoms with Crippen LogP contribution in [0.5, 0.6) is 0 Å². The summed E-state index contributed by atoms with van der Waals surface area (Å²) in [4.78, 5) is 44.7. The third-order valence-electron chi connectivity index (χ3n) is 7.77. The van der Waals surface area contributed by atoms with E-state index in [1.54, 1.807) is 44.6 Å². The fourth-order valence-electron chi connectivity index (χ4n) is 5.26. The first-order valence-corrected chi connectivity index (χ1v) is 14.4. The van der Waals surface area contributed by atoms with Gasteiger partial charge in [0.2, 0.25) is 5.95 Å². The van der Waals surface area contributed by atoms with Gasteiger partial charge in [-0.05, 0) is 55.0 Å². The number of hydrogen-bond donors (Lipinski definition) is 2. The van der Waals surface area contributed by atoms with E-state index in [0.29, 0.717) is 54.6 Å². The third kappa shape index (κ3) is 6.40. The molecule has 0 bridgehead atoms. The lowest BCUT2D eigenvalue weighted by Crippen LogP contribution is -2.46. The van der Waals surface area contributed by atoms with E-state index in [4.69, 9.17) is 0 Å². The van der Waals surface area contributed by atoms with Crippen LogP contribution in [0.2, 0.25) is 0 Å². The van der Waals surface area contributed by atoms with E-state index in [-0.39, 0.29) is 24.1 Å². The van der Waals surface area contributed by atoms with Crippen LogP contribution in [0, 0.1) is 6.92 Å². The van der Waals surface area contributed by atoms with Gasteiger partial charge in [-0.1, -0.05) is 12.1 Å². The number of carbonyl (C=O) groups excluding carboxylic acids is 2. The third-order valence-corrected chi connectivity index (χ3v) is 7.77. The molecule has 0 saturated carbocycles. The Balaban J connectivity index is 1.17. The molecule has 2 N–H and O–H groups in total. The predicted molar refractivity (Wildman–Crippen MR) is 165 cm³/mol. The van der Waals surface area contributed by atoms with E-state index < -0.39 is 17.6 Å². The van der Waals surface area contributed by atoms with E-state index >= 15 is 0 Å². The number of hydrogen-bond acceptors (Lipinski definition) is 8. The monoisotopic (exact) mass is 635 g/mol. The second-order valence-electron chi connectivity index (χ2n) is 10.9. The number of aryl methyl sites for hydroxylation is 1. The maximum atomic E-state index is 13.5. The molecule has 2 aliphatic heterocycles. The maximum absolute atomic E-state index is 13.5. The van der Waals surface area contributed by atoms with Crippen molar-refractivity contribution in [2.75, 3.05) is 58.6 Å². The Labute approximate surface area is 261 Å². The van der Waals surface area contributed by atoms with Crippen molar-refractivity contribution < 1.29 is 27.2 Å². The molecule has 238 valence electrons. The van der Waals surface area contributed by atoms with Gasteiger partial charge in [-0.15, -0.1) is 9.60 Å². The average molecular weight is 636 g/mol. The van der Waals surface area contributed by atoms with Crippen molar-refractivity contribution in [2.24, 2.45) is 0 Å². The fraction of sp³-hybridized carbons (Fsp3) is 0.258. The van der Waals surface area contributed by atoms with Crippen molar-refractivity contribution in [2.45, 2.75) is 19.6 Å². The Morgan fingerprint density at radius 3 is 2.41 bits per heavy atom. The smallest absolute Gasteiger partial charge is 0.354 e. The van der Waals surface area contributed by atoms with Crippen LogP contribution in [0.1, 0.15) is 27.0 Å². The Kier molecular flexibility index (Phi) is 8.17. The van der Waals surface area contributed by atoms with Crippen molar-refractivity contribution in [1.82, 2.24) is 20.1 Å². The normalized spacial score (nSPS) is 15.5. The van der Waals surface area contributed by atoms with Gasteiger partial charge in [-0.2, -0.15) is 18.2 Å². The van der Waals surface area contributed by atoms with Gasteiger partial charge in [0, 0.05) is 56.2 Å². The average Bonchev–Trinajstić information content (AvgIpc) is 3.04. The standard InChI is InChI=1S/C31H29F4N9O2/c1-19-6-7-23(38-28(45)20-4-3-5-22(14-20)31(32,33)34)15-25(19)44-18-21-16-37-29(40-27(21)41(2)30(44)46)39-24-8-9-26(36-17-24)42-10-12-43(35)13-11-42/h3-9,14-17H,10-13,18H2,1-2H3,(H,38,45)(H,37,39,40). The molecule has 0 unspecified atom stereocenters. The summed E-state index contributed by atoms with van der Waals surface area (Å²) >= 11 is 0. The number of piperazine rings is 1. The number of aromatic nitrogens is 3.